The van der Waals surface area contributed by atoms with Gasteiger partial charge in [-0.05, 0) is 37.5 Å². The highest BCUT2D eigenvalue weighted by atomic mass is 127. The summed E-state index contributed by atoms with van der Waals surface area (Å²) in [6.45, 7) is 4.76. The third kappa shape index (κ3) is 8.01. The summed E-state index contributed by atoms with van der Waals surface area (Å²) in [5.74, 6) is 1.21. The average Bonchev–Trinajstić information content (AvgIpc) is 3.35. The van der Waals surface area contributed by atoms with Crippen LogP contribution in [0.15, 0.2) is 33.7 Å². The van der Waals surface area contributed by atoms with Crippen molar-refractivity contribution in [3.05, 3.63) is 34.3 Å². The Labute approximate surface area is 163 Å². The first-order valence-electron chi connectivity index (χ1n) is 7.73. The highest BCUT2D eigenvalue weighted by Crippen LogP contribution is 2.28. The van der Waals surface area contributed by atoms with Crippen LogP contribution in [0.4, 0.5) is 0 Å². The fourth-order valence-corrected chi connectivity index (χ4v) is 2.22. The van der Waals surface area contributed by atoms with Crippen molar-refractivity contribution in [3.63, 3.8) is 0 Å². The zero-order valence-electron chi connectivity index (χ0n) is 13.3. The van der Waals surface area contributed by atoms with Gasteiger partial charge in [0, 0.05) is 30.0 Å². The molecular formula is C16H24BrIN4O. The maximum atomic E-state index is 11.5. The third-order valence-electron chi connectivity index (χ3n) is 3.34. The van der Waals surface area contributed by atoms with Crippen LogP contribution in [0, 0.1) is 5.92 Å². The number of nitrogens with one attached hydrogen (secondary N) is 3. The largest absolute Gasteiger partial charge is 0.357 e. The van der Waals surface area contributed by atoms with Gasteiger partial charge in [0.25, 0.3) is 0 Å². The minimum Gasteiger partial charge on any atom is -0.357 e. The molecule has 23 heavy (non-hydrogen) atoms. The molecule has 7 heteroatoms. The van der Waals surface area contributed by atoms with Crippen molar-refractivity contribution in [2.45, 2.75) is 26.3 Å². The molecule has 1 saturated carbocycles. The van der Waals surface area contributed by atoms with Gasteiger partial charge in [-0.25, -0.2) is 4.99 Å². The lowest BCUT2D eigenvalue weighted by Gasteiger charge is -2.11. The zero-order valence-corrected chi connectivity index (χ0v) is 17.2. The quantitative estimate of drug-likeness (QED) is 0.236. The van der Waals surface area contributed by atoms with Gasteiger partial charge < -0.3 is 16.0 Å². The number of aliphatic imine (C=N–C) groups is 1. The van der Waals surface area contributed by atoms with Crippen LogP contribution in [-0.4, -0.2) is 31.5 Å². The zero-order chi connectivity index (χ0) is 15.8. The molecule has 128 valence electrons. The van der Waals surface area contributed by atoms with Gasteiger partial charge in [-0.15, -0.1) is 24.0 Å². The number of guanidine groups is 1. The first kappa shape index (κ1) is 20.2. The van der Waals surface area contributed by atoms with Crippen LogP contribution in [0.2, 0.25) is 0 Å². The van der Waals surface area contributed by atoms with E-state index >= 15 is 0 Å². The van der Waals surface area contributed by atoms with Crippen molar-refractivity contribution in [3.8, 4) is 0 Å². The summed E-state index contributed by atoms with van der Waals surface area (Å²) in [4.78, 5) is 16.1. The topological polar surface area (TPSA) is 65.5 Å². The monoisotopic (exact) mass is 494 g/mol. The molecule has 0 heterocycles. The SMILES string of the molecule is CCNC(=NCc1ccc(Br)cc1)NCCNC(=O)C1CC1.I. The van der Waals surface area contributed by atoms with Gasteiger partial charge in [0.1, 0.15) is 0 Å². The van der Waals surface area contributed by atoms with Gasteiger partial charge in [0.05, 0.1) is 6.54 Å². The Hall–Kier alpha value is -0.830. The number of hydrogen-bond acceptors (Lipinski definition) is 2. The summed E-state index contributed by atoms with van der Waals surface area (Å²) in [5, 5.41) is 9.37. The van der Waals surface area contributed by atoms with Gasteiger partial charge in [0.15, 0.2) is 5.96 Å². The molecule has 0 spiro atoms. The predicted octanol–water partition coefficient (Wildman–Crippen LogP) is 2.65. The molecule has 2 rings (SSSR count). The van der Waals surface area contributed by atoms with Gasteiger partial charge in [-0.2, -0.15) is 0 Å². The molecule has 1 aliphatic rings. The number of benzene rings is 1. The second-order valence-electron chi connectivity index (χ2n) is 5.31. The molecule has 0 aliphatic heterocycles. The molecule has 0 atom stereocenters. The summed E-state index contributed by atoms with van der Waals surface area (Å²) in [7, 11) is 0. The number of carbonyl (C=O) groups is 1. The smallest absolute Gasteiger partial charge is 0.223 e. The average molecular weight is 495 g/mol. The van der Waals surface area contributed by atoms with Crippen LogP contribution in [-0.2, 0) is 11.3 Å². The Kier molecular flexibility index (Phi) is 9.54. The molecule has 1 amide bonds. The van der Waals surface area contributed by atoms with E-state index in [4.69, 9.17) is 0 Å². The Morgan fingerprint density at radius 2 is 1.83 bits per heavy atom. The standard InChI is InChI=1S/C16H23BrN4O.HI/c1-2-18-16(20-10-9-19-15(22)13-5-6-13)21-11-12-3-7-14(17)8-4-12;/h3-4,7-8,13H,2,5-6,9-11H2,1H3,(H,19,22)(H2,18,20,21);1H. The third-order valence-corrected chi connectivity index (χ3v) is 3.87. The Morgan fingerprint density at radius 1 is 1.17 bits per heavy atom. The number of halogens is 2. The van der Waals surface area contributed by atoms with Gasteiger partial charge >= 0.3 is 0 Å². The number of amides is 1. The molecule has 1 aromatic carbocycles. The molecule has 1 aliphatic carbocycles. The van der Waals surface area contributed by atoms with E-state index in [0.29, 0.717) is 19.6 Å². The molecule has 1 fully saturated rings. The number of hydrogen-bond donors (Lipinski definition) is 3. The van der Waals surface area contributed by atoms with Crippen molar-refractivity contribution in [1.29, 1.82) is 0 Å². The van der Waals surface area contributed by atoms with E-state index in [2.05, 4.69) is 36.9 Å². The molecule has 3 N–H and O–H groups in total. The van der Waals surface area contributed by atoms with Crippen molar-refractivity contribution in [2.24, 2.45) is 10.9 Å². The number of nitrogens with zero attached hydrogens (tertiary/aromatic N) is 1. The van der Waals surface area contributed by atoms with E-state index in [0.717, 1.165) is 35.4 Å². The minimum atomic E-state index is 0. The molecule has 1 aromatic rings. The molecule has 5 nitrogen and oxygen atoms in total. The van der Waals surface area contributed by atoms with Crippen LogP contribution >= 0.6 is 39.9 Å². The summed E-state index contributed by atoms with van der Waals surface area (Å²) in [5.41, 5.74) is 1.16. The van der Waals surface area contributed by atoms with Crippen molar-refractivity contribution < 1.29 is 4.79 Å². The van der Waals surface area contributed by atoms with Crippen molar-refractivity contribution in [1.82, 2.24) is 16.0 Å². The lowest BCUT2D eigenvalue weighted by molar-refractivity contribution is -0.122. The highest BCUT2D eigenvalue weighted by molar-refractivity contribution is 14.0. The van der Waals surface area contributed by atoms with Crippen LogP contribution in [0.3, 0.4) is 0 Å². The highest BCUT2D eigenvalue weighted by Gasteiger charge is 2.28. The molecule has 0 radical (unpaired) electrons. The molecule has 0 saturated heterocycles. The van der Waals surface area contributed by atoms with Crippen LogP contribution in [0.5, 0.6) is 0 Å². The second-order valence-corrected chi connectivity index (χ2v) is 6.23. The molecule has 0 aromatic heterocycles. The van der Waals surface area contributed by atoms with Crippen LogP contribution < -0.4 is 16.0 Å². The van der Waals surface area contributed by atoms with Gasteiger partial charge in [-0.1, -0.05) is 28.1 Å². The van der Waals surface area contributed by atoms with Crippen LogP contribution in [0.25, 0.3) is 0 Å². The normalized spacial score (nSPS) is 13.9. The van der Waals surface area contributed by atoms with Crippen molar-refractivity contribution in [2.75, 3.05) is 19.6 Å². The minimum absolute atomic E-state index is 0. The van der Waals surface area contributed by atoms with E-state index < -0.39 is 0 Å². The molecule has 0 bridgehead atoms. The maximum Gasteiger partial charge on any atom is 0.223 e. The second kappa shape index (κ2) is 10.9. The number of rotatable bonds is 7. The first-order valence-corrected chi connectivity index (χ1v) is 8.52. The molecule has 0 unspecified atom stereocenters. The fraction of sp³-hybridized carbons (Fsp3) is 0.500. The Bertz CT molecular complexity index is 517. The van der Waals surface area contributed by atoms with E-state index in [1.165, 1.54) is 0 Å². The summed E-state index contributed by atoms with van der Waals surface area (Å²) in [6, 6.07) is 8.12. The Morgan fingerprint density at radius 3 is 2.43 bits per heavy atom. The van der Waals surface area contributed by atoms with Gasteiger partial charge in [-0.3, -0.25) is 4.79 Å². The summed E-state index contributed by atoms with van der Waals surface area (Å²) < 4.78 is 1.07. The van der Waals surface area contributed by atoms with E-state index in [1.807, 2.05) is 31.2 Å². The molecular weight excluding hydrogens is 471 g/mol. The van der Waals surface area contributed by atoms with E-state index in [-0.39, 0.29) is 35.8 Å². The summed E-state index contributed by atoms with van der Waals surface area (Å²) >= 11 is 3.42. The van der Waals surface area contributed by atoms with E-state index in [9.17, 15) is 4.79 Å². The first-order chi connectivity index (χ1) is 10.7. The maximum absolute atomic E-state index is 11.5. The number of carbonyl (C=O) groups excluding carboxylic acids is 1. The Balaban J connectivity index is 0.00000264. The van der Waals surface area contributed by atoms with Crippen molar-refractivity contribution >= 4 is 51.8 Å². The summed E-state index contributed by atoms with van der Waals surface area (Å²) in [6.07, 6.45) is 2.08. The lowest BCUT2D eigenvalue weighted by atomic mass is 10.2. The lowest BCUT2D eigenvalue weighted by Crippen LogP contribution is -2.41. The van der Waals surface area contributed by atoms with E-state index in [1.54, 1.807) is 0 Å². The fourth-order valence-electron chi connectivity index (χ4n) is 1.96. The predicted molar refractivity (Wildman–Crippen MR) is 108 cm³/mol. The van der Waals surface area contributed by atoms with Crippen LogP contribution in [0.1, 0.15) is 25.3 Å². The van der Waals surface area contributed by atoms with Gasteiger partial charge in [0.2, 0.25) is 5.91 Å².